The van der Waals surface area contributed by atoms with Crippen LogP contribution in [0.3, 0.4) is 0 Å². The summed E-state index contributed by atoms with van der Waals surface area (Å²) in [6, 6.07) is 4.61. The summed E-state index contributed by atoms with van der Waals surface area (Å²) in [5, 5.41) is 10.9. The number of nitrogens with zero attached hydrogens (tertiary/aromatic N) is 1. The second-order valence-electron chi connectivity index (χ2n) is 13.2. The van der Waals surface area contributed by atoms with E-state index in [4.69, 9.17) is 16.1 Å². The van der Waals surface area contributed by atoms with Gasteiger partial charge in [0.1, 0.15) is 11.7 Å². The van der Waals surface area contributed by atoms with Crippen LogP contribution in [0.1, 0.15) is 70.4 Å². The normalized spacial score (nSPS) is 42.7. The van der Waals surface area contributed by atoms with Crippen molar-refractivity contribution in [2.24, 2.45) is 22.7 Å². The molecule has 2 heterocycles. The summed E-state index contributed by atoms with van der Waals surface area (Å²) in [6.45, 7) is 14.0. The molecule has 2 aliphatic heterocycles. The van der Waals surface area contributed by atoms with Crippen LogP contribution in [0.5, 0.6) is 11.5 Å². The smallest absolute Gasteiger partial charge is 0.165 e. The number of hydrogen-bond donors (Lipinski definition) is 1. The lowest BCUT2D eigenvalue weighted by atomic mass is 9.34. The molecule has 0 amide bonds. The first-order valence-corrected chi connectivity index (χ1v) is 13.2. The van der Waals surface area contributed by atoms with E-state index in [-0.39, 0.29) is 33.9 Å². The third-order valence-electron chi connectivity index (χ3n) is 11.0. The second-order valence-corrected chi connectivity index (χ2v) is 13.2. The summed E-state index contributed by atoms with van der Waals surface area (Å²) in [5.74, 6) is 2.24. The number of aromatic hydroxyl groups is 1. The first-order valence-electron chi connectivity index (χ1n) is 13.2. The minimum absolute atomic E-state index is 0.0215. The van der Waals surface area contributed by atoms with Gasteiger partial charge in [-0.1, -0.05) is 39.0 Å². The third-order valence-corrected chi connectivity index (χ3v) is 11.0. The molecule has 6 atom stereocenters. The summed E-state index contributed by atoms with van der Waals surface area (Å²) in [5.41, 5.74) is 3.81. The van der Waals surface area contributed by atoms with Crippen LogP contribution >= 0.6 is 0 Å². The van der Waals surface area contributed by atoms with E-state index in [1.165, 1.54) is 42.5 Å². The van der Waals surface area contributed by atoms with Gasteiger partial charge in [0.25, 0.3) is 0 Å². The standard InChI is InChI=1S/C29H39NO3/c1-17(26(2,3)4)20-15-27-10-11-29(20,32-5)25-28(27)12-13-30(16-18-6-7-18)22(27)14-19-8-9-21(31)24(33-25)23(19)28/h8-9,18,20,22,25,31H,1,6-7,10-16H2,2-5H3/t20-,22-,25-,27-,28+,29-/m1/s1. The van der Waals surface area contributed by atoms with E-state index in [2.05, 4.69) is 31.7 Å². The molecule has 5 aliphatic carbocycles. The van der Waals surface area contributed by atoms with Crippen molar-refractivity contribution in [3.63, 3.8) is 0 Å². The van der Waals surface area contributed by atoms with Gasteiger partial charge in [-0.25, -0.2) is 0 Å². The van der Waals surface area contributed by atoms with Gasteiger partial charge in [0.15, 0.2) is 11.5 Å². The number of fused-ring (bicyclic) bond motifs is 2. The average molecular weight is 450 g/mol. The van der Waals surface area contributed by atoms with Gasteiger partial charge in [-0.15, -0.1) is 0 Å². The maximum atomic E-state index is 10.9. The zero-order chi connectivity index (χ0) is 23.0. The summed E-state index contributed by atoms with van der Waals surface area (Å²) < 4.78 is 13.5. The molecular weight excluding hydrogens is 410 g/mol. The van der Waals surface area contributed by atoms with E-state index in [1.54, 1.807) is 0 Å². The van der Waals surface area contributed by atoms with E-state index in [0.29, 0.717) is 11.8 Å². The van der Waals surface area contributed by atoms with E-state index in [1.807, 2.05) is 13.2 Å². The van der Waals surface area contributed by atoms with Crippen LogP contribution < -0.4 is 4.74 Å². The Morgan fingerprint density at radius 2 is 2.03 bits per heavy atom. The van der Waals surface area contributed by atoms with Crippen LogP contribution in [0.25, 0.3) is 0 Å². The van der Waals surface area contributed by atoms with E-state index < -0.39 is 0 Å². The SMILES string of the molecule is C=C([C@H]1C[C@@]23CC[C@]1(OC)[C@@H]1Oc4c(O)ccc5c4[C@@]12CCN(CC1CC1)[C@@H]3C5)C(C)(C)C. The zero-order valence-corrected chi connectivity index (χ0v) is 20.7. The zero-order valence-electron chi connectivity index (χ0n) is 20.7. The molecule has 4 heteroatoms. The molecule has 4 saturated carbocycles. The van der Waals surface area contributed by atoms with E-state index >= 15 is 0 Å². The van der Waals surface area contributed by atoms with Gasteiger partial charge < -0.3 is 14.6 Å². The molecule has 0 unspecified atom stereocenters. The molecule has 178 valence electrons. The summed E-state index contributed by atoms with van der Waals surface area (Å²) in [4.78, 5) is 2.87. The van der Waals surface area contributed by atoms with Gasteiger partial charge in [0.05, 0.1) is 0 Å². The van der Waals surface area contributed by atoms with Crippen molar-refractivity contribution in [1.29, 1.82) is 0 Å². The summed E-state index contributed by atoms with van der Waals surface area (Å²) in [7, 11) is 1.90. The molecule has 1 aromatic carbocycles. The Morgan fingerprint density at radius 1 is 1.24 bits per heavy atom. The molecule has 4 nitrogen and oxygen atoms in total. The van der Waals surface area contributed by atoms with Crippen molar-refractivity contribution in [3.05, 3.63) is 35.4 Å². The number of benzene rings is 1. The quantitative estimate of drug-likeness (QED) is 0.640. The van der Waals surface area contributed by atoms with Crippen LogP contribution in [0, 0.1) is 22.7 Å². The summed E-state index contributed by atoms with van der Waals surface area (Å²) >= 11 is 0. The molecule has 5 fully saturated rings. The highest BCUT2D eigenvalue weighted by atomic mass is 16.6. The maximum absolute atomic E-state index is 10.9. The van der Waals surface area contributed by atoms with Crippen LogP contribution in [-0.4, -0.2) is 48.0 Å². The lowest BCUT2D eigenvalue weighted by Gasteiger charge is -2.74. The lowest BCUT2D eigenvalue weighted by molar-refractivity contribution is -0.272. The van der Waals surface area contributed by atoms with Crippen molar-refractivity contribution < 1.29 is 14.6 Å². The Balaban J connectivity index is 1.47. The molecule has 8 rings (SSSR count). The first kappa shape index (κ1) is 20.8. The van der Waals surface area contributed by atoms with Gasteiger partial charge in [0, 0.05) is 42.0 Å². The fourth-order valence-electron chi connectivity index (χ4n) is 9.32. The predicted octanol–water partition coefficient (Wildman–Crippen LogP) is 5.22. The highest BCUT2D eigenvalue weighted by Crippen LogP contribution is 2.77. The van der Waals surface area contributed by atoms with Gasteiger partial charge in [-0.05, 0) is 74.5 Å². The van der Waals surface area contributed by atoms with Crippen LogP contribution in [-0.2, 0) is 16.6 Å². The fraction of sp³-hybridized carbons (Fsp3) is 0.724. The van der Waals surface area contributed by atoms with Crippen molar-refractivity contribution in [1.82, 2.24) is 4.90 Å². The van der Waals surface area contributed by atoms with Crippen LogP contribution in [0.2, 0.25) is 0 Å². The molecule has 0 aromatic heterocycles. The molecule has 2 spiro atoms. The molecule has 1 saturated heterocycles. The van der Waals surface area contributed by atoms with E-state index in [0.717, 1.165) is 43.9 Å². The van der Waals surface area contributed by atoms with Crippen LogP contribution in [0.4, 0.5) is 0 Å². The number of piperidine rings is 1. The fourth-order valence-corrected chi connectivity index (χ4v) is 9.32. The Kier molecular flexibility index (Phi) is 3.90. The topological polar surface area (TPSA) is 41.9 Å². The second kappa shape index (κ2) is 6.18. The molecule has 33 heavy (non-hydrogen) atoms. The van der Waals surface area contributed by atoms with Gasteiger partial charge in [0.2, 0.25) is 0 Å². The first-order chi connectivity index (χ1) is 15.7. The van der Waals surface area contributed by atoms with Gasteiger partial charge >= 0.3 is 0 Å². The number of phenols is 1. The number of likely N-dealkylation sites (tertiary alicyclic amines) is 1. The molecule has 1 N–H and O–H groups in total. The number of rotatable bonds is 4. The maximum Gasteiger partial charge on any atom is 0.165 e. The minimum atomic E-state index is -0.380. The number of methoxy groups -OCH3 is 1. The van der Waals surface area contributed by atoms with Crippen molar-refractivity contribution in [3.8, 4) is 11.5 Å². The van der Waals surface area contributed by atoms with Gasteiger partial charge in [-0.3, -0.25) is 4.90 Å². The average Bonchev–Trinajstić information content (AvgIpc) is 3.52. The van der Waals surface area contributed by atoms with Crippen molar-refractivity contribution in [2.75, 3.05) is 20.2 Å². The number of phenolic OH excluding ortho intramolecular Hbond substituents is 1. The third kappa shape index (κ3) is 2.26. The Labute approximate surface area is 198 Å². The van der Waals surface area contributed by atoms with E-state index in [9.17, 15) is 5.11 Å². The number of ether oxygens (including phenoxy) is 2. The largest absolute Gasteiger partial charge is 0.504 e. The van der Waals surface area contributed by atoms with Gasteiger partial charge in [-0.2, -0.15) is 0 Å². The summed E-state index contributed by atoms with van der Waals surface area (Å²) in [6.07, 6.45) is 8.30. The molecule has 7 aliphatic rings. The Hall–Kier alpha value is -1.52. The van der Waals surface area contributed by atoms with Crippen LogP contribution in [0.15, 0.2) is 24.3 Å². The highest BCUT2D eigenvalue weighted by molar-refractivity contribution is 5.63. The molecule has 4 bridgehead atoms. The predicted molar refractivity (Wildman–Crippen MR) is 129 cm³/mol. The number of hydrogen-bond acceptors (Lipinski definition) is 4. The van der Waals surface area contributed by atoms with Crippen molar-refractivity contribution >= 4 is 0 Å². The molecule has 1 aromatic rings. The molecule has 0 radical (unpaired) electrons. The Morgan fingerprint density at radius 3 is 2.73 bits per heavy atom. The Bertz CT molecular complexity index is 1050. The lowest BCUT2D eigenvalue weighted by Crippen LogP contribution is -2.81. The monoisotopic (exact) mass is 449 g/mol. The van der Waals surface area contributed by atoms with Crippen molar-refractivity contribution in [2.45, 2.75) is 88.9 Å². The molecular formula is C29H39NO3. The highest BCUT2D eigenvalue weighted by Gasteiger charge is 2.81. The minimum Gasteiger partial charge on any atom is -0.504 e.